The molecule has 1 N–H and O–H groups in total. The van der Waals surface area contributed by atoms with Crippen LogP contribution >= 0.6 is 11.3 Å². The number of aromatic nitrogens is 1. The average molecular weight is 384 g/mol. The lowest BCUT2D eigenvalue weighted by atomic mass is 10.1. The first-order chi connectivity index (χ1) is 13.1. The summed E-state index contributed by atoms with van der Waals surface area (Å²) in [6, 6.07) is 13.8. The first-order valence-electron chi connectivity index (χ1n) is 9.26. The van der Waals surface area contributed by atoms with Crippen LogP contribution in [0.1, 0.15) is 30.4 Å². The minimum Gasteiger partial charge on any atom is -0.462 e. The number of carbonyl (C=O) groups is 1. The molecule has 27 heavy (non-hydrogen) atoms. The second-order valence-corrected chi connectivity index (χ2v) is 7.32. The summed E-state index contributed by atoms with van der Waals surface area (Å²) >= 11 is 1.36. The van der Waals surface area contributed by atoms with Crippen molar-refractivity contribution in [3.8, 4) is 22.0 Å². The van der Waals surface area contributed by atoms with Crippen molar-refractivity contribution in [3.05, 3.63) is 53.6 Å². The molecule has 0 radical (unpaired) electrons. The lowest BCUT2D eigenvalue weighted by molar-refractivity contribution is 0.0942. The largest absolute Gasteiger partial charge is 0.462 e. The van der Waals surface area contributed by atoms with E-state index in [0.29, 0.717) is 27.9 Å². The van der Waals surface area contributed by atoms with Gasteiger partial charge in [-0.2, -0.15) is 0 Å². The highest BCUT2D eigenvalue weighted by Gasteiger charge is 2.22. The van der Waals surface area contributed by atoms with Gasteiger partial charge in [0.25, 0.3) is 5.91 Å². The Balaban J connectivity index is 1.86. The molecule has 3 rings (SSSR count). The molecule has 0 spiro atoms. The SMILES string of the molecule is CCN(CC)C(C)CNC(=O)c1sc(-c2ccco2)nc1-c1ccccc1. The van der Waals surface area contributed by atoms with E-state index in [2.05, 4.69) is 31.0 Å². The fourth-order valence-corrected chi connectivity index (χ4v) is 4.04. The van der Waals surface area contributed by atoms with Crippen molar-refractivity contribution in [3.63, 3.8) is 0 Å². The smallest absolute Gasteiger partial charge is 0.263 e. The summed E-state index contributed by atoms with van der Waals surface area (Å²) in [6.45, 7) is 8.93. The van der Waals surface area contributed by atoms with Crippen LogP contribution in [0.2, 0.25) is 0 Å². The number of nitrogens with zero attached hydrogens (tertiary/aromatic N) is 2. The Morgan fingerprint density at radius 2 is 1.93 bits per heavy atom. The van der Waals surface area contributed by atoms with Crippen molar-refractivity contribution < 1.29 is 9.21 Å². The monoisotopic (exact) mass is 383 g/mol. The number of hydrogen-bond acceptors (Lipinski definition) is 5. The van der Waals surface area contributed by atoms with Gasteiger partial charge in [0.2, 0.25) is 0 Å². The lowest BCUT2D eigenvalue weighted by Crippen LogP contribution is -2.41. The third kappa shape index (κ3) is 4.46. The molecule has 5 nitrogen and oxygen atoms in total. The number of likely N-dealkylation sites (N-methyl/N-ethyl adjacent to an activating group) is 1. The third-order valence-corrected chi connectivity index (χ3v) is 5.68. The van der Waals surface area contributed by atoms with Crippen LogP contribution < -0.4 is 5.32 Å². The molecule has 3 aromatic rings. The highest BCUT2D eigenvalue weighted by molar-refractivity contribution is 7.17. The molecule has 0 aliphatic rings. The summed E-state index contributed by atoms with van der Waals surface area (Å²) in [7, 11) is 0. The number of furan rings is 1. The molecule has 0 bridgehead atoms. The van der Waals surface area contributed by atoms with Gasteiger partial charge in [-0.1, -0.05) is 44.2 Å². The summed E-state index contributed by atoms with van der Waals surface area (Å²) in [5, 5.41) is 3.78. The van der Waals surface area contributed by atoms with Crippen molar-refractivity contribution in [2.24, 2.45) is 0 Å². The molecule has 0 saturated carbocycles. The third-order valence-electron chi connectivity index (χ3n) is 4.61. The number of benzene rings is 1. The van der Waals surface area contributed by atoms with Crippen LogP contribution in [-0.4, -0.2) is 41.5 Å². The number of thiazole rings is 1. The van der Waals surface area contributed by atoms with Gasteiger partial charge in [-0.05, 0) is 32.1 Å². The number of rotatable bonds is 8. The predicted molar refractivity (Wildman–Crippen MR) is 110 cm³/mol. The van der Waals surface area contributed by atoms with E-state index >= 15 is 0 Å². The molecule has 0 saturated heterocycles. The maximum atomic E-state index is 12.9. The molecule has 1 aromatic carbocycles. The summed E-state index contributed by atoms with van der Waals surface area (Å²) in [5.74, 6) is 0.580. The second-order valence-electron chi connectivity index (χ2n) is 6.32. The normalized spacial score (nSPS) is 12.3. The predicted octanol–water partition coefficient (Wildman–Crippen LogP) is 4.53. The van der Waals surface area contributed by atoms with Gasteiger partial charge in [0.05, 0.1) is 12.0 Å². The van der Waals surface area contributed by atoms with Gasteiger partial charge in [0.15, 0.2) is 10.8 Å². The van der Waals surface area contributed by atoms with Crippen LogP contribution in [0.4, 0.5) is 0 Å². The number of nitrogens with one attached hydrogen (secondary N) is 1. The summed E-state index contributed by atoms with van der Waals surface area (Å²) < 4.78 is 5.47. The number of amides is 1. The summed E-state index contributed by atoms with van der Waals surface area (Å²) in [6.07, 6.45) is 1.62. The molecular weight excluding hydrogens is 358 g/mol. The van der Waals surface area contributed by atoms with Crippen LogP contribution in [0.5, 0.6) is 0 Å². The van der Waals surface area contributed by atoms with Gasteiger partial charge in [0.1, 0.15) is 4.88 Å². The molecule has 142 valence electrons. The molecule has 1 atom stereocenters. The molecule has 2 heterocycles. The molecule has 0 aliphatic carbocycles. The molecule has 2 aromatic heterocycles. The molecular formula is C21H25N3O2S. The van der Waals surface area contributed by atoms with E-state index in [1.807, 2.05) is 42.5 Å². The van der Waals surface area contributed by atoms with Crippen molar-refractivity contribution >= 4 is 17.2 Å². The fourth-order valence-electron chi connectivity index (χ4n) is 3.07. The summed E-state index contributed by atoms with van der Waals surface area (Å²) in [4.78, 5) is 20.6. The fraction of sp³-hybridized carbons (Fsp3) is 0.333. The zero-order valence-electron chi connectivity index (χ0n) is 15.9. The van der Waals surface area contributed by atoms with Crippen molar-refractivity contribution in [2.45, 2.75) is 26.8 Å². The minimum absolute atomic E-state index is 0.0943. The zero-order valence-corrected chi connectivity index (χ0v) is 16.8. The standard InChI is InChI=1S/C21H25N3O2S/c1-4-24(5-2)15(3)14-22-20(25)19-18(16-10-7-6-8-11-16)23-21(27-19)17-12-9-13-26-17/h6-13,15H,4-5,14H2,1-3H3,(H,22,25). The first-order valence-corrected chi connectivity index (χ1v) is 10.1. The van der Waals surface area contributed by atoms with Crippen LogP contribution in [0, 0.1) is 0 Å². The number of carbonyl (C=O) groups excluding carboxylic acids is 1. The van der Waals surface area contributed by atoms with Gasteiger partial charge in [-0.15, -0.1) is 11.3 Å². The molecule has 1 amide bonds. The molecule has 6 heteroatoms. The van der Waals surface area contributed by atoms with Crippen molar-refractivity contribution in [1.82, 2.24) is 15.2 Å². The Labute approximate surface area is 164 Å². The van der Waals surface area contributed by atoms with E-state index < -0.39 is 0 Å². The van der Waals surface area contributed by atoms with Crippen LogP contribution in [-0.2, 0) is 0 Å². The Kier molecular flexibility index (Phi) is 6.42. The second kappa shape index (κ2) is 8.97. The minimum atomic E-state index is -0.0943. The first kappa shape index (κ1) is 19.3. The molecule has 0 fully saturated rings. The number of hydrogen-bond donors (Lipinski definition) is 1. The average Bonchev–Trinajstić information content (AvgIpc) is 3.37. The Morgan fingerprint density at radius 1 is 1.19 bits per heavy atom. The van der Waals surface area contributed by atoms with Crippen LogP contribution in [0.25, 0.3) is 22.0 Å². The highest BCUT2D eigenvalue weighted by atomic mass is 32.1. The Hall–Kier alpha value is -2.44. The van der Waals surface area contributed by atoms with E-state index in [-0.39, 0.29) is 11.9 Å². The maximum absolute atomic E-state index is 12.9. The zero-order chi connectivity index (χ0) is 19.2. The van der Waals surface area contributed by atoms with Gasteiger partial charge in [0, 0.05) is 18.2 Å². The molecule has 1 unspecified atom stereocenters. The summed E-state index contributed by atoms with van der Waals surface area (Å²) in [5.41, 5.74) is 1.62. The van der Waals surface area contributed by atoms with E-state index in [1.165, 1.54) is 11.3 Å². The van der Waals surface area contributed by atoms with E-state index in [9.17, 15) is 4.79 Å². The van der Waals surface area contributed by atoms with Crippen molar-refractivity contribution in [2.75, 3.05) is 19.6 Å². The van der Waals surface area contributed by atoms with E-state index in [0.717, 1.165) is 18.7 Å². The van der Waals surface area contributed by atoms with Crippen LogP contribution in [0.3, 0.4) is 0 Å². The van der Waals surface area contributed by atoms with Gasteiger partial charge in [-0.25, -0.2) is 4.98 Å². The topological polar surface area (TPSA) is 58.4 Å². The van der Waals surface area contributed by atoms with Crippen molar-refractivity contribution in [1.29, 1.82) is 0 Å². The Bertz CT molecular complexity index is 855. The Morgan fingerprint density at radius 3 is 2.56 bits per heavy atom. The quantitative estimate of drug-likeness (QED) is 0.621. The van der Waals surface area contributed by atoms with Gasteiger partial charge < -0.3 is 9.73 Å². The maximum Gasteiger partial charge on any atom is 0.263 e. The highest BCUT2D eigenvalue weighted by Crippen LogP contribution is 2.34. The lowest BCUT2D eigenvalue weighted by Gasteiger charge is -2.26. The molecule has 0 aliphatic heterocycles. The van der Waals surface area contributed by atoms with E-state index in [1.54, 1.807) is 6.26 Å². The van der Waals surface area contributed by atoms with Gasteiger partial charge >= 0.3 is 0 Å². The van der Waals surface area contributed by atoms with Crippen LogP contribution in [0.15, 0.2) is 53.1 Å². The van der Waals surface area contributed by atoms with E-state index in [4.69, 9.17) is 9.40 Å². The van der Waals surface area contributed by atoms with Gasteiger partial charge in [-0.3, -0.25) is 9.69 Å².